The van der Waals surface area contributed by atoms with E-state index in [-0.39, 0.29) is 43.2 Å². The van der Waals surface area contributed by atoms with E-state index in [4.69, 9.17) is 9.47 Å². The number of aliphatic hydroxyl groups excluding tert-OH is 1. The number of cyclic esters (lactones) is 1. The van der Waals surface area contributed by atoms with Crippen LogP contribution in [-0.2, 0) is 28.7 Å². The monoisotopic (exact) mass is 545 g/mol. The van der Waals surface area contributed by atoms with Crippen molar-refractivity contribution in [1.29, 1.82) is 0 Å². The van der Waals surface area contributed by atoms with Gasteiger partial charge in [-0.2, -0.15) is 0 Å². The molecule has 10 nitrogen and oxygen atoms in total. The SMILES string of the molecule is CC[C@H](C)[C@H](CO)N1C(=O)[C@@H]2[C@H]3C(=O)O[C@H](C)CNC(=O)CC/C=C\[C@H]3O[C@@]23C=CCN(C(C)(C)C)C(=O)[C@@H]13. The molecular weight excluding hydrogens is 502 g/mol. The highest BCUT2D eigenvalue weighted by Gasteiger charge is 2.73. The molecule has 0 aromatic rings. The molecule has 4 aliphatic heterocycles. The highest BCUT2D eigenvalue weighted by atomic mass is 16.6. The van der Waals surface area contributed by atoms with Gasteiger partial charge in [0.1, 0.15) is 23.7 Å². The molecule has 4 rings (SSSR count). The Balaban J connectivity index is 1.86. The van der Waals surface area contributed by atoms with E-state index >= 15 is 0 Å². The van der Waals surface area contributed by atoms with E-state index in [0.717, 1.165) is 0 Å². The maximum atomic E-state index is 14.4. The first kappa shape index (κ1) is 29.3. The maximum Gasteiger partial charge on any atom is 0.313 e. The summed E-state index contributed by atoms with van der Waals surface area (Å²) in [7, 11) is 0. The van der Waals surface area contributed by atoms with E-state index in [1.165, 1.54) is 4.90 Å². The van der Waals surface area contributed by atoms with Crippen molar-refractivity contribution in [2.45, 2.75) is 96.2 Å². The lowest BCUT2D eigenvalue weighted by atomic mass is 9.77. The van der Waals surface area contributed by atoms with Crippen LogP contribution in [0.2, 0.25) is 0 Å². The molecule has 2 saturated heterocycles. The minimum absolute atomic E-state index is 0.0967. The Labute approximate surface area is 230 Å². The van der Waals surface area contributed by atoms with Crippen LogP contribution < -0.4 is 5.32 Å². The van der Waals surface area contributed by atoms with Gasteiger partial charge in [0.15, 0.2) is 0 Å². The van der Waals surface area contributed by atoms with Gasteiger partial charge in [-0.15, -0.1) is 0 Å². The molecular formula is C29H43N3O7. The number of allylic oxidation sites excluding steroid dienone is 1. The Morgan fingerprint density at radius 2 is 1.90 bits per heavy atom. The van der Waals surface area contributed by atoms with Crippen molar-refractivity contribution in [2.75, 3.05) is 19.7 Å². The number of carbonyl (C=O) groups excluding carboxylic acids is 4. The van der Waals surface area contributed by atoms with Gasteiger partial charge in [0, 0.05) is 18.5 Å². The van der Waals surface area contributed by atoms with Crippen LogP contribution in [0.4, 0.5) is 0 Å². The third-order valence-corrected chi connectivity index (χ3v) is 8.63. The maximum absolute atomic E-state index is 14.4. The van der Waals surface area contributed by atoms with Crippen molar-refractivity contribution in [1.82, 2.24) is 15.1 Å². The van der Waals surface area contributed by atoms with Crippen molar-refractivity contribution < 1.29 is 33.8 Å². The standard InChI is InChI=1S/C29H43N3O7/c1-7-17(2)19(16-33)32-24-26(36)31(28(4,5)6)14-10-13-29(24)23(25(32)35)22-20(39-29)11-8-9-12-21(34)30-15-18(3)38-27(22)37/h8,10-11,13,17-20,22-24,33H,7,9,12,14-16H2,1-6H3,(H,30,34)/b11-8-/t17-,18+,19-,20+,22-,23-,24+,29-/m0/s1. The summed E-state index contributed by atoms with van der Waals surface area (Å²) in [6.45, 7) is 11.6. The van der Waals surface area contributed by atoms with Crippen LogP contribution in [0.3, 0.4) is 0 Å². The van der Waals surface area contributed by atoms with E-state index in [0.29, 0.717) is 19.4 Å². The van der Waals surface area contributed by atoms with Crippen molar-refractivity contribution in [3.8, 4) is 0 Å². The lowest BCUT2D eigenvalue weighted by Gasteiger charge is -2.43. The Kier molecular flexibility index (Phi) is 8.28. The summed E-state index contributed by atoms with van der Waals surface area (Å²) in [5.41, 5.74) is -1.95. The van der Waals surface area contributed by atoms with Crippen LogP contribution in [0.25, 0.3) is 0 Å². The van der Waals surface area contributed by atoms with Gasteiger partial charge in [-0.25, -0.2) is 0 Å². The number of carbonyl (C=O) groups is 4. The Morgan fingerprint density at radius 3 is 2.54 bits per heavy atom. The van der Waals surface area contributed by atoms with Crippen LogP contribution in [0.15, 0.2) is 24.3 Å². The Morgan fingerprint density at radius 1 is 1.18 bits per heavy atom. The van der Waals surface area contributed by atoms with Gasteiger partial charge in [-0.3, -0.25) is 19.2 Å². The van der Waals surface area contributed by atoms with Gasteiger partial charge in [0.05, 0.1) is 31.2 Å². The first-order valence-electron chi connectivity index (χ1n) is 14.1. The number of nitrogens with zero attached hydrogens (tertiary/aromatic N) is 2. The van der Waals surface area contributed by atoms with E-state index < -0.39 is 53.2 Å². The topological polar surface area (TPSA) is 125 Å². The Hall–Kier alpha value is -2.72. The van der Waals surface area contributed by atoms with Gasteiger partial charge in [0.25, 0.3) is 0 Å². The molecule has 0 aliphatic carbocycles. The number of aliphatic hydroxyl groups is 1. The molecule has 2 N–H and O–H groups in total. The average molecular weight is 546 g/mol. The fraction of sp³-hybridized carbons (Fsp3) is 0.724. The average Bonchev–Trinajstić information content (AvgIpc) is 3.25. The van der Waals surface area contributed by atoms with Crippen LogP contribution in [0.5, 0.6) is 0 Å². The fourth-order valence-electron chi connectivity index (χ4n) is 6.38. The van der Waals surface area contributed by atoms with Gasteiger partial charge in [0.2, 0.25) is 17.7 Å². The van der Waals surface area contributed by atoms with Gasteiger partial charge in [-0.05, 0) is 40.0 Å². The zero-order valence-electron chi connectivity index (χ0n) is 23.9. The number of hydrogen-bond acceptors (Lipinski definition) is 7. The van der Waals surface area contributed by atoms with Crippen molar-refractivity contribution in [3.63, 3.8) is 0 Å². The number of hydrogen-bond donors (Lipinski definition) is 2. The summed E-state index contributed by atoms with van der Waals surface area (Å²) in [6.07, 6.45) is 7.10. The molecule has 3 amide bonds. The van der Waals surface area contributed by atoms with E-state index in [2.05, 4.69) is 5.32 Å². The van der Waals surface area contributed by atoms with Gasteiger partial charge < -0.3 is 29.7 Å². The smallest absolute Gasteiger partial charge is 0.313 e. The zero-order chi connectivity index (χ0) is 28.7. The molecule has 216 valence electrons. The van der Waals surface area contributed by atoms with E-state index in [1.54, 1.807) is 30.1 Å². The summed E-state index contributed by atoms with van der Waals surface area (Å²) in [4.78, 5) is 57.8. The quantitative estimate of drug-likeness (QED) is 0.406. The molecule has 10 heteroatoms. The zero-order valence-corrected chi connectivity index (χ0v) is 23.9. The summed E-state index contributed by atoms with van der Waals surface area (Å²) in [6, 6.07) is -1.68. The predicted molar refractivity (Wildman–Crippen MR) is 143 cm³/mol. The van der Waals surface area contributed by atoms with Crippen LogP contribution >= 0.6 is 0 Å². The lowest BCUT2D eigenvalue weighted by molar-refractivity contribution is -0.160. The summed E-state index contributed by atoms with van der Waals surface area (Å²) < 4.78 is 12.4. The summed E-state index contributed by atoms with van der Waals surface area (Å²) in [5.74, 6) is -3.51. The molecule has 0 saturated carbocycles. The molecule has 4 aliphatic rings. The second kappa shape index (κ2) is 11.0. The van der Waals surface area contributed by atoms with Crippen molar-refractivity contribution in [3.05, 3.63) is 24.3 Å². The lowest BCUT2D eigenvalue weighted by Crippen LogP contribution is -2.61. The minimum atomic E-state index is -1.41. The normalized spacial score (nSPS) is 36.0. The number of amides is 3. The third-order valence-electron chi connectivity index (χ3n) is 8.63. The summed E-state index contributed by atoms with van der Waals surface area (Å²) >= 11 is 0. The molecule has 0 bridgehead atoms. The second-order valence-corrected chi connectivity index (χ2v) is 12.3. The van der Waals surface area contributed by atoms with Gasteiger partial charge >= 0.3 is 5.97 Å². The molecule has 0 aromatic heterocycles. The molecule has 0 unspecified atom stereocenters. The predicted octanol–water partition coefficient (Wildman–Crippen LogP) is 1.57. The van der Waals surface area contributed by atoms with Crippen LogP contribution in [-0.4, -0.2) is 93.7 Å². The minimum Gasteiger partial charge on any atom is -0.460 e. The van der Waals surface area contributed by atoms with Crippen LogP contribution in [0.1, 0.15) is 60.8 Å². The summed E-state index contributed by atoms with van der Waals surface area (Å²) in [5, 5.41) is 13.2. The highest BCUT2D eigenvalue weighted by molar-refractivity contribution is 5.99. The molecule has 4 heterocycles. The largest absolute Gasteiger partial charge is 0.460 e. The van der Waals surface area contributed by atoms with Crippen LogP contribution in [0, 0.1) is 17.8 Å². The number of ether oxygens (including phenoxy) is 2. The highest BCUT2D eigenvalue weighted by Crippen LogP contribution is 2.54. The third kappa shape index (κ3) is 5.13. The molecule has 39 heavy (non-hydrogen) atoms. The fourth-order valence-corrected chi connectivity index (χ4v) is 6.38. The molecule has 0 aromatic carbocycles. The molecule has 2 fully saturated rings. The molecule has 1 spiro atoms. The number of nitrogens with one attached hydrogen (secondary N) is 1. The van der Waals surface area contributed by atoms with E-state index in [9.17, 15) is 24.3 Å². The molecule has 8 atom stereocenters. The number of likely N-dealkylation sites (tertiary alicyclic amines) is 1. The van der Waals surface area contributed by atoms with Crippen molar-refractivity contribution >= 4 is 23.7 Å². The Bertz CT molecular complexity index is 1050. The van der Waals surface area contributed by atoms with Crippen molar-refractivity contribution in [2.24, 2.45) is 17.8 Å². The first-order chi connectivity index (χ1) is 18.4. The first-order valence-corrected chi connectivity index (χ1v) is 14.1. The van der Waals surface area contributed by atoms with E-state index in [1.807, 2.05) is 40.7 Å². The number of esters is 1. The molecule has 0 radical (unpaired) electrons. The number of fused-ring (bicyclic) bond motifs is 2. The number of rotatable bonds is 4. The van der Waals surface area contributed by atoms with Gasteiger partial charge in [-0.1, -0.05) is 44.6 Å². The second-order valence-electron chi connectivity index (χ2n) is 12.3.